The topological polar surface area (TPSA) is 80.3 Å². The molecule has 0 N–H and O–H groups in total. The summed E-state index contributed by atoms with van der Waals surface area (Å²) in [6.45, 7) is 4.71. The van der Waals surface area contributed by atoms with Crippen LogP contribution in [-0.2, 0) is 30.7 Å². The van der Waals surface area contributed by atoms with Gasteiger partial charge in [0.2, 0.25) is 0 Å². The molecule has 1 rings (SSSR count). The van der Waals surface area contributed by atoms with Gasteiger partial charge in [-0.25, -0.2) is 14.5 Å². The Labute approximate surface area is 135 Å². The van der Waals surface area contributed by atoms with E-state index < -0.39 is 12.1 Å². The van der Waals surface area contributed by atoms with Gasteiger partial charge in [-0.2, -0.15) is 0 Å². The normalized spacial score (nSPS) is 10.2. The average Bonchev–Trinajstić information content (AvgIpc) is 2.57. The van der Waals surface area contributed by atoms with Crippen LogP contribution in [0.1, 0.15) is 42.6 Å². The van der Waals surface area contributed by atoms with E-state index in [-0.39, 0.29) is 13.2 Å². The summed E-state index contributed by atoms with van der Waals surface area (Å²) in [5, 5.41) is 4.10. The van der Waals surface area contributed by atoms with Crippen LogP contribution in [0.15, 0.2) is 24.3 Å². The molecule has 0 aliphatic heterocycles. The molecule has 0 saturated heterocycles. The van der Waals surface area contributed by atoms with Crippen molar-refractivity contribution in [1.82, 2.24) is 0 Å². The van der Waals surface area contributed by atoms with E-state index in [0.717, 1.165) is 24.8 Å². The molecule has 0 atom stereocenters. The fourth-order valence-electron chi connectivity index (χ4n) is 1.66. The van der Waals surface area contributed by atoms with Crippen molar-refractivity contribution in [3.05, 3.63) is 35.4 Å². The minimum atomic E-state index is -1.12. The maximum atomic E-state index is 11.7. The van der Waals surface area contributed by atoms with Crippen LogP contribution in [0.25, 0.3) is 0 Å². The molecule has 0 aliphatic carbocycles. The third-order valence-electron chi connectivity index (χ3n) is 2.87. The summed E-state index contributed by atoms with van der Waals surface area (Å²) in [5.74, 6) is -0.769. The van der Waals surface area contributed by atoms with Crippen molar-refractivity contribution in [3.63, 3.8) is 0 Å². The van der Waals surface area contributed by atoms with Gasteiger partial charge in [0.1, 0.15) is 6.61 Å². The maximum Gasteiger partial charge on any atom is 0.543 e. The van der Waals surface area contributed by atoms with Gasteiger partial charge in [-0.1, -0.05) is 25.5 Å². The quantitative estimate of drug-likeness (QED) is 0.282. The molecule has 0 amide bonds. The predicted octanol–water partition coefficient (Wildman–Crippen LogP) is 3.22. The fourth-order valence-corrected chi connectivity index (χ4v) is 1.66. The summed E-state index contributed by atoms with van der Waals surface area (Å²) in [7, 11) is 0. The SMILES string of the molecule is CCCCc1ccc(C(=O)OOOC(=O)OCCOCC)cc1. The van der Waals surface area contributed by atoms with Crippen LogP contribution in [-0.4, -0.2) is 31.9 Å². The first kappa shape index (κ1) is 18.9. The van der Waals surface area contributed by atoms with Gasteiger partial charge >= 0.3 is 12.1 Å². The maximum absolute atomic E-state index is 11.7. The highest BCUT2D eigenvalue weighted by atomic mass is 17.5. The summed E-state index contributed by atoms with van der Waals surface area (Å²) in [6.07, 6.45) is 2.04. The molecule has 0 fully saturated rings. The van der Waals surface area contributed by atoms with E-state index in [0.29, 0.717) is 12.2 Å². The Hall–Kier alpha value is -2.12. The number of carbonyl (C=O) groups excluding carboxylic acids is 2. The predicted molar refractivity (Wildman–Crippen MR) is 80.5 cm³/mol. The first-order valence-electron chi connectivity index (χ1n) is 7.56. The van der Waals surface area contributed by atoms with Gasteiger partial charge in [0.05, 0.1) is 17.2 Å². The van der Waals surface area contributed by atoms with Crippen LogP contribution in [0.3, 0.4) is 0 Å². The lowest BCUT2D eigenvalue weighted by Gasteiger charge is -2.05. The van der Waals surface area contributed by atoms with Crippen molar-refractivity contribution in [2.45, 2.75) is 33.1 Å². The number of hydrogen-bond acceptors (Lipinski definition) is 7. The van der Waals surface area contributed by atoms with Crippen LogP contribution < -0.4 is 0 Å². The van der Waals surface area contributed by atoms with Gasteiger partial charge in [-0.15, -0.1) is 0 Å². The Morgan fingerprint density at radius 2 is 1.74 bits per heavy atom. The van der Waals surface area contributed by atoms with Gasteiger partial charge in [-0.3, -0.25) is 4.89 Å². The van der Waals surface area contributed by atoms with Gasteiger partial charge < -0.3 is 9.47 Å². The molecule has 0 radical (unpaired) electrons. The van der Waals surface area contributed by atoms with Crippen LogP contribution in [0.4, 0.5) is 4.79 Å². The Balaban J connectivity index is 2.24. The van der Waals surface area contributed by atoms with Crippen molar-refractivity contribution in [1.29, 1.82) is 0 Å². The number of hydrogen-bond donors (Lipinski definition) is 0. The zero-order chi connectivity index (χ0) is 16.9. The largest absolute Gasteiger partial charge is 0.543 e. The van der Waals surface area contributed by atoms with Crippen molar-refractivity contribution in [3.8, 4) is 0 Å². The Kier molecular flexibility index (Phi) is 9.42. The lowest BCUT2D eigenvalue weighted by molar-refractivity contribution is -0.452. The molecule has 7 nitrogen and oxygen atoms in total. The van der Waals surface area contributed by atoms with E-state index in [1.165, 1.54) is 0 Å². The van der Waals surface area contributed by atoms with E-state index in [2.05, 4.69) is 26.5 Å². The van der Waals surface area contributed by atoms with Crippen molar-refractivity contribution in [2.75, 3.05) is 19.8 Å². The van der Waals surface area contributed by atoms with E-state index in [4.69, 9.17) is 4.74 Å². The zero-order valence-corrected chi connectivity index (χ0v) is 13.4. The summed E-state index contributed by atoms with van der Waals surface area (Å²) >= 11 is 0. The molecule has 0 unspecified atom stereocenters. The number of unbranched alkanes of at least 4 members (excludes halogenated alkanes) is 1. The first-order valence-corrected chi connectivity index (χ1v) is 7.56. The molecule has 128 valence electrons. The highest BCUT2D eigenvalue weighted by Gasteiger charge is 2.12. The van der Waals surface area contributed by atoms with E-state index in [1.807, 2.05) is 19.1 Å². The molecule has 1 aromatic rings. The summed E-state index contributed by atoms with van der Waals surface area (Å²) in [5.41, 5.74) is 1.43. The Morgan fingerprint density at radius 1 is 1.00 bits per heavy atom. The van der Waals surface area contributed by atoms with Gasteiger partial charge in [0, 0.05) is 6.61 Å². The second-order valence-electron chi connectivity index (χ2n) is 4.62. The van der Waals surface area contributed by atoms with Crippen LogP contribution in [0, 0.1) is 0 Å². The average molecular weight is 326 g/mol. The molecule has 0 heterocycles. The summed E-state index contributed by atoms with van der Waals surface area (Å²) in [6, 6.07) is 6.93. The molecule has 1 aromatic carbocycles. The van der Waals surface area contributed by atoms with Crippen LogP contribution in [0.2, 0.25) is 0 Å². The lowest BCUT2D eigenvalue weighted by atomic mass is 10.1. The Bertz CT molecular complexity index is 470. The third-order valence-corrected chi connectivity index (χ3v) is 2.87. The smallest absolute Gasteiger partial charge is 0.430 e. The Morgan fingerprint density at radius 3 is 2.39 bits per heavy atom. The van der Waals surface area contributed by atoms with Gasteiger partial charge in [0.15, 0.2) is 0 Å². The van der Waals surface area contributed by atoms with E-state index in [1.54, 1.807) is 12.1 Å². The fraction of sp³-hybridized carbons (Fsp3) is 0.500. The third kappa shape index (κ3) is 8.18. The number of ether oxygens (including phenoxy) is 2. The van der Waals surface area contributed by atoms with Gasteiger partial charge in [0.25, 0.3) is 0 Å². The van der Waals surface area contributed by atoms with Crippen molar-refractivity contribution in [2.24, 2.45) is 0 Å². The molecule has 0 spiro atoms. The number of benzene rings is 1. The molecule has 0 saturated carbocycles. The number of carbonyl (C=O) groups is 2. The van der Waals surface area contributed by atoms with Crippen molar-refractivity contribution < 1.29 is 33.9 Å². The number of rotatable bonds is 10. The monoisotopic (exact) mass is 326 g/mol. The molecular formula is C16H22O7. The summed E-state index contributed by atoms with van der Waals surface area (Å²) in [4.78, 5) is 31.2. The van der Waals surface area contributed by atoms with E-state index in [9.17, 15) is 9.59 Å². The molecular weight excluding hydrogens is 304 g/mol. The first-order chi connectivity index (χ1) is 11.2. The number of aryl methyl sites for hydroxylation is 1. The van der Waals surface area contributed by atoms with E-state index >= 15 is 0 Å². The minimum absolute atomic E-state index is 0.0171. The summed E-state index contributed by atoms with van der Waals surface area (Å²) < 4.78 is 9.54. The lowest BCUT2D eigenvalue weighted by Crippen LogP contribution is -2.14. The van der Waals surface area contributed by atoms with Crippen LogP contribution in [0.5, 0.6) is 0 Å². The zero-order valence-electron chi connectivity index (χ0n) is 13.4. The minimum Gasteiger partial charge on any atom is -0.430 e. The molecule has 7 heteroatoms. The molecule has 0 bridgehead atoms. The standard InChI is InChI=1S/C16H22O7/c1-3-5-6-13-7-9-14(10-8-13)15(17)21-23-22-16(18)20-12-11-19-4-2/h7-10H,3-6,11-12H2,1-2H3. The molecule has 0 aromatic heterocycles. The second-order valence-corrected chi connectivity index (χ2v) is 4.62. The van der Waals surface area contributed by atoms with Crippen molar-refractivity contribution >= 4 is 12.1 Å². The molecule has 0 aliphatic rings. The second kappa shape index (κ2) is 11.4. The highest BCUT2D eigenvalue weighted by molar-refractivity contribution is 5.88. The van der Waals surface area contributed by atoms with Crippen LogP contribution >= 0.6 is 0 Å². The molecule has 23 heavy (non-hydrogen) atoms. The van der Waals surface area contributed by atoms with Gasteiger partial charge in [-0.05, 0) is 37.5 Å². The highest BCUT2D eigenvalue weighted by Crippen LogP contribution is 2.09.